The lowest BCUT2D eigenvalue weighted by atomic mass is 10.1. The molecule has 0 spiro atoms. The maximum Gasteiger partial charge on any atom is 0.157 e. The van der Waals surface area contributed by atoms with E-state index < -0.39 is 0 Å². The van der Waals surface area contributed by atoms with Gasteiger partial charge in [0.1, 0.15) is 5.82 Å². The van der Waals surface area contributed by atoms with Crippen molar-refractivity contribution in [2.24, 2.45) is 5.73 Å². The van der Waals surface area contributed by atoms with Gasteiger partial charge in [0.2, 0.25) is 0 Å². The molecule has 2 aromatic heterocycles. The van der Waals surface area contributed by atoms with Crippen LogP contribution in [0.2, 0.25) is 0 Å². The van der Waals surface area contributed by atoms with E-state index in [4.69, 9.17) is 5.73 Å². The maximum atomic E-state index is 5.61. The first-order valence-corrected chi connectivity index (χ1v) is 6.65. The normalized spacial score (nSPS) is 19.8. The van der Waals surface area contributed by atoms with E-state index in [9.17, 15) is 0 Å². The van der Waals surface area contributed by atoms with Crippen molar-refractivity contribution >= 4 is 11.5 Å². The smallest absolute Gasteiger partial charge is 0.157 e. The van der Waals surface area contributed by atoms with E-state index in [0.717, 1.165) is 31.0 Å². The fourth-order valence-corrected chi connectivity index (χ4v) is 2.75. The Balaban J connectivity index is 1.83. The van der Waals surface area contributed by atoms with Crippen LogP contribution in [-0.2, 0) is 0 Å². The SMILES string of the molecule is NCCCC1CCCN1c1ccn2nccc2n1. The molecule has 5 nitrogen and oxygen atoms in total. The van der Waals surface area contributed by atoms with Gasteiger partial charge in [-0.15, -0.1) is 0 Å². The molecule has 5 heteroatoms. The lowest BCUT2D eigenvalue weighted by Crippen LogP contribution is -2.30. The minimum absolute atomic E-state index is 0.603. The van der Waals surface area contributed by atoms with Crippen molar-refractivity contribution in [2.75, 3.05) is 18.0 Å². The molecule has 0 saturated carbocycles. The zero-order valence-corrected chi connectivity index (χ0v) is 10.5. The third kappa shape index (κ3) is 2.06. The molecule has 2 aromatic rings. The van der Waals surface area contributed by atoms with Crippen molar-refractivity contribution in [3.63, 3.8) is 0 Å². The van der Waals surface area contributed by atoms with Crippen LogP contribution in [-0.4, -0.2) is 33.7 Å². The van der Waals surface area contributed by atoms with Gasteiger partial charge in [-0.25, -0.2) is 9.50 Å². The molecule has 3 rings (SSSR count). The lowest BCUT2D eigenvalue weighted by Gasteiger charge is -2.25. The van der Waals surface area contributed by atoms with E-state index in [-0.39, 0.29) is 0 Å². The van der Waals surface area contributed by atoms with Crippen LogP contribution in [0.1, 0.15) is 25.7 Å². The van der Waals surface area contributed by atoms with Crippen LogP contribution >= 0.6 is 0 Å². The van der Waals surface area contributed by atoms with Crippen molar-refractivity contribution < 1.29 is 0 Å². The third-order valence-corrected chi connectivity index (χ3v) is 3.66. The van der Waals surface area contributed by atoms with E-state index >= 15 is 0 Å². The molecule has 2 N–H and O–H groups in total. The number of aromatic nitrogens is 3. The predicted octanol–water partition coefficient (Wildman–Crippen LogP) is 1.44. The summed E-state index contributed by atoms with van der Waals surface area (Å²) in [4.78, 5) is 7.09. The summed E-state index contributed by atoms with van der Waals surface area (Å²) in [7, 11) is 0. The molecule has 0 aromatic carbocycles. The molecule has 0 bridgehead atoms. The second-order valence-corrected chi connectivity index (χ2v) is 4.84. The second kappa shape index (κ2) is 4.94. The van der Waals surface area contributed by atoms with E-state index in [1.165, 1.54) is 19.3 Å². The van der Waals surface area contributed by atoms with Gasteiger partial charge in [-0.2, -0.15) is 5.10 Å². The van der Waals surface area contributed by atoms with Gasteiger partial charge in [-0.3, -0.25) is 0 Å². The Morgan fingerprint density at radius 3 is 3.22 bits per heavy atom. The fraction of sp³-hybridized carbons (Fsp3) is 0.538. The van der Waals surface area contributed by atoms with Crippen molar-refractivity contribution in [1.82, 2.24) is 14.6 Å². The Morgan fingerprint density at radius 1 is 1.39 bits per heavy atom. The number of nitrogens with zero attached hydrogens (tertiary/aromatic N) is 4. The van der Waals surface area contributed by atoms with E-state index in [1.807, 2.05) is 12.3 Å². The minimum atomic E-state index is 0.603. The van der Waals surface area contributed by atoms with Crippen LogP contribution in [0.4, 0.5) is 5.82 Å². The molecular formula is C13H19N5. The highest BCUT2D eigenvalue weighted by Crippen LogP contribution is 2.26. The van der Waals surface area contributed by atoms with Gasteiger partial charge in [0.25, 0.3) is 0 Å². The van der Waals surface area contributed by atoms with Gasteiger partial charge >= 0.3 is 0 Å². The summed E-state index contributed by atoms with van der Waals surface area (Å²) in [6.07, 6.45) is 8.53. The number of fused-ring (bicyclic) bond motifs is 1. The Bertz CT molecular complexity index is 521. The summed E-state index contributed by atoms with van der Waals surface area (Å²) in [5.74, 6) is 1.07. The van der Waals surface area contributed by atoms with E-state index in [2.05, 4.69) is 21.0 Å². The predicted molar refractivity (Wildman–Crippen MR) is 71.6 cm³/mol. The number of hydrogen-bond acceptors (Lipinski definition) is 4. The lowest BCUT2D eigenvalue weighted by molar-refractivity contribution is 0.582. The molecule has 1 unspecified atom stereocenters. The third-order valence-electron chi connectivity index (χ3n) is 3.66. The van der Waals surface area contributed by atoms with Crippen LogP contribution in [0.5, 0.6) is 0 Å². The van der Waals surface area contributed by atoms with Crippen LogP contribution in [0.15, 0.2) is 24.5 Å². The zero-order chi connectivity index (χ0) is 12.4. The van der Waals surface area contributed by atoms with Crippen molar-refractivity contribution in [3.05, 3.63) is 24.5 Å². The highest BCUT2D eigenvalue weighted by molar-refractivity contribution is 5.48. The summed E-state index contributed by atoms with van der Waals surface area (Å²) in [6.45, 7) is 1.88. The summed E-state index contributed by atoms with van der Waals surface area (Å²) < 4.78 is 1.80. The zero-order valence-electron chi connectivity index (χ0n) is 10.5. The van der Waals surface area contributed by atoms with Crippen LogP contribution in [0.3, 0.4) is 0 Å². The summed E-state index contributed by atoms with van der Waals surface area (Å²) in [6, 6.07) is 4.60. The Kier molecular flexibility index (Phi) is 3.15. The van der Waals surface area contributed by atoms with Gasteiger partial charge in [0, 0.05) is 24.8 Å². The topological polar surface area (TPSA) is 59.5 Å². The molecular weight excluding hydrogens is 226 g/mol. The molecule has 0 amide bonds. The first kappa shape index (κ1) is 11.5. The minimum Gasteiger partial charge on any atom is -0.354 e. The number of nitrogens with two attached hydrogens (primary N) is 1. The fourth-order valence-electron chi connectivity index (χ4n) is 2.75. The Hall–Kier alpha value is -1.62. The molecule has 3 heterocycles. The van der Waals surface area contributed by atoms with Gasteiger partial charge < -0.3 is 10.6 Å². The molecule has 1 saturated heterocycles. The Morgan fingerprint density at radius 2 is 2.33 bits per heavy atom. The second-order valence-electron chi connectivity index (χ2n) is 4.84. The largest absolute Gasteiger partial charge is 0.354 e. The monoisotopic (exact) mass is 245 g/mol. The molecule has 96 valence electrons. The van der Waals surface area contributed by atoms with Crippen molar-refractivity contribution in [2.45, 2.75) is 31.7 Å². The highest BCUT2D eigenvalue weighted by atomic mass is 15.3. The molecule has 1 aliphatic heterocycles. The summed E-state index contributed by atoms with van der Waals surface area (Å²) in [5.41, 5.74) is 6.52. The number of rotatable bonds is 4. The van der Waals surface area contributed by atoms with Gasteiger partial charge in [-0.05, 0) is 38.3 Å². The van der Waals surface area contributed by atoms with Crippen molar-refractivity contribution in [3.8, 4) is 0 Å². The summed E-state index contributed by atoms with van der Waals surface area (Å²) >= 11 is 0. The van der Waals surface area contributed by atoms with Gasteiger partial charge in [0.15, 0.2) is 5.65 Å². The Labute approximate surface area is 107 Å². The number of anilines is 1. The molecule has 18 heavy (non-hydrogen) atoms. The van der Waals surface area contributed by atoms with Gasteiger partial charge in [-0.1, -0.05) is 0 Å². The van der Waals surface area contributed by atoms with E-state index in [1.54, 1.807) is 10.7 Å². The summed E-state index contributed by atoms with van der Waals surface area (Å²) in [5, 5.41) is 4.17. The molecule has 0 radical (unpaired) electrons. The highest BCUT2D eigenvalue weighted by Gasteiger charge is 2.25. The van der Waals surface area contributed by atoms with E-state index in [0.29, 0.717) is 6.04 Å². The van der Waals surface area contributed by atoms with Crippen LogP contribution < -0.4 is 10.6 Å². The van der Waals surface area contributed by atoms with Gasteiger partial charge in [0.05, 0.1) is 6.20 Å². The molecule has 0 aliphatic carbocycles. The molecule has 1 aliphatic rings. The van der Waals surface area contributed by atoms with Crippen molar-refractivity contribution in [1.29, 1.82) is 0 Å². The first-order valence-electron chi connectivity index (χ1n) is 6.65. The van der Waals surface area contributed by atoms with Crippen LogP contribution in [0, 0.1) is 0 Å². The average Bonchev–Trinajstić information content (AvgIpc) is 3.03. The maximum absolute atomic E-state index is 5.61. The molecule has 1 atom stereocenters. The molecule has 1 fully saturated rings. The standard InChI is InChI=1S/C13H19N5/c14-7-1-3-11-4-2-9-17(11)12-6-10-18-13(16-12)5-8-15-18/h5-6,8,10-11H,1-4,7,9,14H2. The average molecular weight is 245 g/mol. The van der Waals surface area contributed by atoms with Crippen LogP contribution in [0.25, 0.3) is 5.65 Å². The first-order chi connectivity index (χ1) is 8.88. The quantitative estimate of drug-likeness (QED) is 0.885. The number of hydrogen-bond donors (Lipinski definition) is 1.